The summed E-state index contributed by atoms with van der Waals surface area (Å²) in [4.78, 5) is 2.65. The van der Waals surface area contributed by atoms with Crippen LogP contribution in [0.2, 0.25) is 0 Å². The van der Waals surface area contributed by atoms with Crippen molar-refractivity contribution in [2.24, 2.45) is 0 Å². The minimum absolute atomic E-state index is 0.403. The molecule has 4 rings (SSSR count). The SMILES string of the molecule is O=S(=O)(Oc1ccc([S+]2c3ccccc3Oc3ccccc32)cc1)C(F)(F)F. The van der Waals surface area contributed by atoms with Crippen LogP contribution >= 0.6 is 0 Å². The monoisotopic (exact) mass is 425 g/mol. The van der Waals surface area contributed by atoms with Crippen LogP contribution in [0, 0.1) is 0 Å². The van der Waals surface area contributed by atoms with Crippen LogP contribution in [0.1, 0.15) is 0 Å². The van der Waals surface area contributed by atoms with Crippen molar-refractivity contribution in [3.8, 4) is 17.2 Å². The first-order valence-electron chi connectivity index (χ1n) is 7.97. The fourth-order valence-electron chi connectivity index (χ4n) is 2.70. The van der Waals surface area contributed by atoms with Gasteiger partial charge in [0.2, 0.25) is 9.79 Å². The number of halogens is 3. The number of fused-ring (bicyclic) bond motifs is 2. The van der Waals surface area contributed by atoms with E-state index in [2.05, 4.69) is 4.18 Å². The van der Waals surface area contributed by atoms with Gasteiger partial charge >= 0.3 is 15.6 Å². The largest absolute Gasteiger partial charge is 0.534 e. The molecule has 0 spiro atoms. The zero-order valence-electron chi connectivity index (χ0n) is 14.0. The smallest absolute Gasteiger partial charge is 0.447 e. The molecule has 0 aliphatic carbocycles. The molecule has 0 saturated heterocycles. The number of hydrogen-bond donors (Lipinski definition) is 0. The van der Waals surface area contributed by atoms with Crippen LogP contribution in [-0.2, 0) is 21.0 Å². The molecule has 3 aromatic carbocycles. The summed E-state index contributed by atoms with van der Waals surface area (Å²) in [5, 5.41) is 0. The highest BCUT2D eigenvalue weighted by Crippen LogP contribution is 2.46. The lowest BCUT2D eigenvalue weighted by atomic mass is 10.3. The van der Waals surface area contributed by atoms with Crippen LogP contribution in [0.15, 0.2) is 87.5 Å². The second-order valence-corrected chi connectivity index (χ2v) is 9.26. The topological polar surface area (TPSA) is 52.6 Å². The van der Waals surface area contributed by atoms with E-state index in [1.807, 2.05) is 48.5 Å². The van der Waals surface area contributed by atoms with E-state index >= 15 is 0 Å². The molecule has 0 aromatic heterocycles. The van der Waals surface area contributed by atoms with Crippen LogP contribution in [0.3, 0.4) is 0 Å². The van der Waals surface area contributed by atoms with Gasteiger partial charge in [-0.25, -0.2) is 0 Å². The van der Waals surface area contributed by atoms with Crippen molar-refractivity contribution in [1.29, 1.82) is 0 Å². The maximum atomic E-state index is 12.5. The highest BCUT2D eigenvalue weighted by atomic mass is 32.2. The number of benzene rings is 3. The molecule has 0 atom stereocenters. The van der Waals surface area contributed by atoms with E-state index in [1.165, 1.54) is 12.1 Å². The third kappa shape index (κ3) is 3.31. The van der Waals surface area contributed by atoms with Crippen molar-refractivity contribution in [3.63, 3.8) is 0 Å². The molecule has 28 heavy (non-hydrogen) atoms. The Bertz CT molecular complexity index is 1080. The Balaban J connectivity index is 1.73. The number of rotatable bonds is 3. The van der Waals surface area contributed by atoms with Crippen LogP contribution in [0.5, 0.6) is 17.2 Å². The molecule has 1 aliphatic heterocycles. The molecule has 0 bridgehead atoms. The summed E-state index contributed by atoms with van der Waals surface area (Å²) in [5.41, 5.74) is -5.48. The molecule has 3 aromatic rings. The van der Waals surface area contributed by atoms with Gasteiger partial charge in [0.15, 0.2) is 16.4 Å². The number of alkyl halides is 3. The third-order valence-corrected chi connectivity index (χ3v) is 7.18. The summed E-state index contributed by atoms with van der Waals surface area (Å²) in [5.74, 6) is 0.994. The van der Waals surface area contributed by atoms with Gasteiger partial charge in [-0.2, -0.15) is 21.6 Å². The van der Waals surface area contributed by atoms with E-state index in [-0.39, 0.29) is 0 Å². The van der Waals surface area contributed by atoms with Crippen molar-refractivity contribution in [3.05, 3.63) is 72.8 Å². The Labute approximate surface area is 162 Å². The Hall–Kier alpha value is -2.65. The zero-order chi connectivity index (χ0) is 19.9. The maximum absolute atomic E-state index is 12.5. The summed E-state index contributed by atoms with van der Waals surface area (Å²) >= 11 is 0. The lowest BCUT2D eigenvalue weighted by Crippen LogP contribution is -2.28. The van der Waals surface area contributed by atoms with Crippen molar-refractivity contribution >= 4 is 21.0 Å². The van der Waals surface area contributed by atoms with E-state index < -0.39 is 32.3 Å². The van der Waals surface area contributed by atoms with Crippen LogP contribution in [0.25, 0.3) is 0 Å². The van der Waals surface area contributed by atoms with Gasteiger partial charge < -0.3 is 8.92 Å². The number of hydrogen-bond acceptors (Lipinski definition) is 4. The average Bonchev–Trinajstić information content (AvgIpc) is 2.66. The van der Waals surface area contributed by atoms with Crippen LogP contribution in [-0.4, -0.2) is 13.9 Å². The molecule has 0 N–H and O–H groups in total. The summed E-state index contributed by atoms with van der Waals surface area (Å²) < 4.78 is 69.9. The second kappa shape index (κ2) is 6.75. The Morgan fingerprint density at radius 2 is 1.29 bits per heavy atom. The summed E-state index contributed by atoms with van der Waals surface area (Å²) in [6, 6.07) is 20.6. The lowest BCUT2D eigenvalue weighted by Gasteiger charge is -2.19. The molecule has 1 aliphatic rings. The molecule has 144 valence electrons. The van der Waals surface area contributed by atoms with Crippen molar-refractivity contribution in [2.45, 2.75) is 20.2 Å². The first kappa shape index (κ1) is 18.7. The molecule has 0 unspecified atom stereocenters. The minimum atomic E-state index is -5.70. The average molecular weight is 425 g/mol. The second-order valence-electron chi connectivity index (χ2n) is 5.76. The van der Waals surface area contributed by atoms with Gasteiger partial charge in [0, 0.05) is 0 Å². The highest BCUT2D eigenvalue weighted by molar-refractivity contribution is 7.97. The van der Waals surface area contributed by atoms with Gasteiger partial charge in [-0.3, -0.25) is 0 Å². The summed E-state index contributed by atoms with van der Waals surface area (Å²) in [7, 11) is -6.26. The Morgan fingerprint density at radius 3 is 1.79 bits per heavy atom. The van der Waals surface area contributed by atoms with Crippen LogP contribution in [0.4, 0.5) is 13.2 Å². The van der Waals surface area contributed by atoms with E-state index in [9.17, 15) is 21.6 Å². The first-order valence-corrected chi connectivity index (χ1v) is 10.6. The van der Waals surface area contributed by atoms with Crippen molar-refractivity contribution in [2.75, 3.05) is 0 Å². The van der Waals surface area contributed by atoms with Gasteiger partial charge in [-0.05, 0) is 48.5 Å². The number of para-hydroxylation sites is 2. The minimum Gasteiger partial charge on any atom is -0.447 e. The van der Waals surface area contributed by atoms with E-state index in [0.29, 0.717) is 11.5 Å². The fraction of sp³-hybridized carbons (Fsp3) is 0.0526. The van der Waals surface area contributed by atoms with Crippen molar-refractivity contribution in [1.82, 2.24) is 0 Å². The molecule has 1 heterocycles. The molecular weight excluding hydrogens is 413 g/mol. The predicted octanol–water partition coefficient (Wildman–Crippen LogP) is 5.12. The van der Waals surface area contributed by atoms with Gasteiger partial charge in [0.1, 0.15) is 16.6 Å². The Kier molecular flexibility index (Phi) is 4.51. The summed E-state index contributed by atoms with van der Waals surface area (Å²) in [6.07, 6.45) is 0. The van der Waals surface area contributed by atoms with Gasteiger partial charge in [-0.15, -0.1) is 0 Å². The quantitative estimate of drug-likeness (QED) is 0.260. The molecule has 4 nitrogen and oxygen atoms in total. The van der Waals surface area contributed by atoms with E-state index in [1.54, 1.807) is 12.1 Å². The van der Waals surface area contributed by atoms with Crippen molar-refractivity contribution < 1.29 is 30.5 Å². The Morgan fingerprint density at radius 1 is 0.786 bits per heavy atom. The normalized spacial score (nSPS) is 14.0. The van der Waals surface area contributed by atoms with Gasteiger partial charge in [-0.1, -0.05) is 24.3 Å². The van der Waals surface area contributed by atoms with Gasteiger partial charge in [0.25, 0.3) is 0 Å². The van der Waals surface area contributed by atoms with E-state index in [4.69, 9.17) is 4.74 Å². The maximum Gasteiger partial charge on any atom is 0.534 e. The molecule has 9 heteroatoms. The number of ether oxygens (including phenoxy) is 1. The third-order valence-electron chi connectivity index (χ3n) is 3.91. The molecule has 0 fully saturated rings. The van der Waals surface area contributed by atoms with Crippen LogP contribution < -0.4 is 8.92 Å². The van der Waals surface area contributed by atoms with Gasteiger partial charge in [0.05, 0.1) is 0 Å². The molecular formula is C19H12F3O4S2+. The predicted molar refractivity (Wildman–Crippen MR) is 97.2 cm³/mol. The summed E-state index contributed by atoms with van der Waals surface area (Å²) in [6.45, 7) is 0. The molecule has 0 radical (unpaired) electrons. The fourth-order valence-corrected chi connectivity index (χ4v) is 5.37. The first-order chi connectivity index (χ1) is 13.3. The molecule has 0 saturated carbocycles. The highest BCUT2D eigenvalue weighted by Gasteiger charge is 2.48. The van der Waals surface area contributed by atoms with E-state index in [0.717, 1.165) is 14.7 Å². The molecule has 0 amide bonds. The lowest BCUT2D eigenvalue weighted by molar-refractivity contribution is -0.0500. The standard InChI is InChI=1S/C19H12F3O4S2/c20-19(21,22)28(23,24)26-13-9-11-14(12-10-13)27-17-7-3-1-5-15(17)25-16-6-2-4-8-18(16)27/h1-12H/q+1. The zero-order valence-corrected chi connectivity index (χ0v) is 15.6.